The molecular weight excluding hydrogens is 896 g/mol. The van der Waals surface area contributed by atoms with Crippen LogP contribution in [0.5, 0.6) is 23.0 Å². The second-order valence-corrected chi connectivity index (χ2v) is 17.8. The van der Waals surface area contributed by atoms with Crippen molar-refractivity contribution in [3.8, 4) is 23.0 Å². The second kappa shape index (κ2) is 22.4. The van der Waals surface area contributed by atoms with Crippen LogP contribution in [0.2, 0.25) is 0 Å². The van der Waals surface area contributed by atoms with Gasteiger partial charge in [-0.2, -0.15) is 0 Å². The molecule has 0 heterocycles. The molecule has 62 heavy (non-hydrogen) atoms. The zero-order chi connectivity index (χ0) is 43.3. The predicted molar refractivity (Wildman–Crippen MR) is 266 cm³/mol. The molecule has 6 heteroatoms. The van der Waals surface area contributed by atoms with Gasteiger partial charge in [0, 0.05) is 34.6 Å². The van der Waals surface area contributed by atoms with Crippen LogP contribution in [0, 0.1) is 0 Å². The fourth-order valence-electron chi connectivity index (χ4n) is 8.02. The maximum atomic E-state index is 6.80. The molecule has 1 aliphatic carbocycles. The molecule has 0 radical (unpaired) electrons. The molecular formula is C56H58Br2O4. The molecule has 0 amide bonds. The summed E-state index contributed by atoms with van der Waals surface area (Å²) in [6.07, 6.45) is 15.1. The highest BCUT2D eigenvalue weighted by Gasteiger charge is 2.23. The van der Waals surface area contributed by atoms with E-state index >= 15 is 0 Å². The van der Waals surface area contributed by atoms with Crippen LogP contribution in [0.4, 0.5) is 0 Å². The van der Waals surface area contributed by atoms with Crippen molar-refractivity contribution in [1.82, 2.24) is 0 Å². The van der Waals surface area contributed by atoms with Crippen LogP contribution in [-0.4, -0.2) is 26.4 Å². The van der Waals surface area contributed by atoms with Crippen molar-refractivity contribution >= 4 is 56.2 Å². The van der Waals surface area contributed by atoms with Gasteiger partial charge in [-0.05, 0) is 141 Å². The average Bonchev–Trinajstić information content (AvgIpc) is 3.27. The van der Waals surface area contributed by atoms with Gasteiger partial charge in [0.05, 0.1) is 26.4 Å². The van der Waals surface area contributed by atoms with Crippen LogP contribution in [0.15, 0.2) is 118 Å². The van der Waals surface area contributed by atoms with Crippen molar-refractivity contribution in [2.75, 3.05) is 26.4 Å². The van der Waals surface area contributed by atoms with E-state index in [1.54, 1.807) is 0 Å². The topological polar surface area (TPSA) is 36.9 Å². The summed E-state index contributed by atoms with van der Waals surface area (Å²) in [6.45, 7) is 11.2. The van der Waals surface area contributed by atoms with Crippen LogP contribution in [0.1, 0.15) is 120 Å². The number of benzene rings is 6. The minimum absolute atomic E-state index is 0.625. The minimum atomic E-state index is 0.625. The van der Waals surface area contributed by atoms with Gasteiger partial charge in [-0.25, -0.2) is 0 Å². The van der Waals surface area contributed by atoms with Crippen LogP contribution in [0.3, 0.4) is 0 Å². The first-order valence-corrected chi connectivity index (χ1v) is 23.9. The van der Waals surface area contributed by atoms with Crippen LogP contribution >= 0.6 is 31.9 Å². The van der Waals surface area contributed by atoms with E-state index in [-0.39, 0.29) is 0 Å². The van der Waals surface area contributed by atoms with Gasteiger partial charge >= 0.3 is 0 Å². The normalized spacial score (nSPS) is 12.5. The first-order valence-electron chi connectivity index (χ1n) is 22.3. The lowest BCUT2D eigenvalue weighted by Crippen LogP contribution is -2.10. The molecule has 0 fully saturated rings. The fourth-order valence-corrected chi connectivity index (χ4v) is 8.55. The van der Waals surface area contributed by atoms with Gasteiger partial charge in [-0.3, -0.25) is 0 Å². The van der Waals surface area contributed by atoms with E-state index in [4.69, 9.17) is 18.9 Å². The zero-order valence-corrected chi connectivity index (χ0v) is 39.7. The van der Waals surface area contributed by atoms with Crippen LogP contribution in [-0.2, 0) is 25.7 Å². The minimum Gasteiger partial charge on any atom is -0.493 e. The Kier molecular flexibility index (Phi) is 16.2. The molecule has 6 aromatic carbocycles. The maximum Gasteiger partial charge on any atom is 0.126 e. The monoisotopic (exact) mass is 952 g/mol. The Morgan fingerprint density at radius 2 is 0.613 bits per heavy atom. The number of fused-ring (bicyclic) bond motifs is 8. The summed E-state index contributed by atoms with van der Waals surface area (Å²) >= 11 is 7.18. The molecule has 7 rings (SSSR count). The van der Waals surface area contributed by atoms with Crippen molar-refractivity contribution in [1.29, 1.82) is 0 Å². The van der Waals surface area contributed by atoms with Crippen LogP contribution in [0.25, 0.3) is 24.3 Å². The van der Waals surface area contributed by atoms with E-state index in [1.165, 1.54) is 0 Å². The SMILES string of the molecule is CCCOc1c2cccc1Cc1cc(/C=C/c3ccc(Br)cc3)cc(c1OCCC)Cc1cccc(c1OCCC)Cc1cc(/C=C/c3ccc(Br)cc3)cc(c1OCCC)C2. The second-order valence-electron chi connectivity index (χ2n) is 16.0. The lowest BCUT2D eigenvalue weighted by atomic mass is 9.89. The van der Waals surface area contributed by atoms with Gasteiger partial charge in [0.25, 0.3) is 0 Å². The summed E-state index contributed by atoms with van der Waals surface area (Å²) in [5.74, 6) is 3.78. The van der Waals surface area contributed by atoms with Crippen molar-refractivity contribution in [3.05, 3.63) is 185 Å². The third-order valence-electron chi connectivity index (χ3n) is 10.9. The number of halogens is 2. The molecule has 6 aromatic rings. The Morgan fingerprint density at radius 1 is 0.355 bits per heavy atom. The average molecular weight is 955 g/mol. The molecule has 0 saturated heterocycles. The molecule has 0 spiro atoms. The van der Waals surface area contributed by atoms with Crippen molar-refractivity contribution in [2.45, 2.75) is 79.1 Å². The van der Waals surface area contributed by atoms with Gasteiger partial charge < -0.3 is 18.9 Å². The molecule has 0 unspecified atom stereocenters. The van der Waals surface area contributed by atoms with Crippen molar-refractivity contribution in [3.63, 3.8) is 0 Å². The quantitative estimate of drug-likeness (QED) is 0.0905. The smallest absolute Gasteiger partial charge is 0.126 e. The summed E-state index contributed by atoms with van der Waals surface area (Å²) in [6, 6.07) is 39.3. The first-order chi connectivity index (χ1) is 30.3. The third kappa shape index (κ3) is 11.7. The van der Waals surface area contributed by atoms with Gasteiger partial charge in [0.2, 0.25) is 0 Å². The Labute approximate surface area is 386 Å². The summed E-state index contributed by atoms with van der Waals surface area (Å²) in [5, 5.41) is 0. The zero-order valence-electron chi connectivity index (χ0n) is 36.6. The lowest BCUT2D eigenvalue weighted by Gasteiger charge is -2.23. The van der Waals surface area contributed by atoms with E-state index < -0.39 is 0 Å². The van der Waals surface area contributed by atoms with E-state index in [9.17, 15) is 0 Å². The molecule has 0 N–H and O–H groups in total. The highest BCUT2D eigenvalue weighted by Crippen LogP contribution is 2.40. The van der Waals surface area contributed by atoms with Gasteiger partial charge in [0.15, 0.2) is 0 Å². The maximum absolute atomic E-state index is 6.80. The molecule has 8 bridgehead atoms. The number of ether oxygens (including phenoxy) is 4. The third-order valence-corrected chi connectivity index (χ3v) is 11.9. The largest absolute Gasteiger partial charge is 0.493 e. The number of hydrogen-bond acceptors (Lipinski definition) is 4. The molecule has 0 saturated carbocycles. The highest BCUT2D eigenvalue weighted by molar-refractivity contribution is 9.10. The van der Waals surface area contributed by atoms with Crippen molar-refractivity contribution in [2.24, 2.45) is 0 Å². The summed E-state index contributed by atoms with van der Waals surface area (Å²) in [7, 11) is 0. The van der Waals surface area contributed by atoms with E-state index in [1.807, 2.05) is 0 Å². The van der Waals surface area contributed by atoms with Crippen molar-refractivity contribution < 1.29 is 18.9 Å². The predicted octanol–water partition coefficient (Wildman–Crippen LogP) is 15.4. The molecule has 0 aromatic heterocycles. The molecule has 0 aliphatic heterocycles. The molecule has 320 valence electrons. The van der Waals surface area contributed by atoms with E-state index in [0.29, 0.717) is 52.1 Å². The summed E-state index contributed by atoms with van der Waals surface area (Å²) in [5.41, 5.74) is 13.6. The van der Waals surface area contributed by atoms with E-state index in [0.717, 1.165) is 124 Å². The molecule has 4 nitrogen and oxygen atoms in total. The number of para-hydroxylation sites is 2. The molecule has 0 atom stereocenters. The van der Waals surface area contributed by atoms with Gasteiger partial charge in [-0.1, -0.05) is 145 Å². The Bertz CT molecular complexity index is 2220. The first kappa shape index (κ1) is 45.0. The van der Waals surface area contributed by atoms with Gasteiger partial charge in [0.1, 0.15) is 23.0 Å². The lowest BCUT2D eigenvalue weighted by molar-refractivity contribution is 0.304. The Morgan fingerprint density at radius 3 is 0.887 bits per heavy atom. The van der Waals surface area contributed by atoms with Crippen LogP contribution < -0.4 is 18.9 Å². The Balaban J connectivity index is 1.47. The summed E-state index contributed by atoms with van der Waals surface area (Å²) in [4.78, 5) is 0. The Hall–Kier alpha value is -5.04. The van der Waals surface area contributed by atoms with Gasteiger partial charge in [-0.15, -0.1) is 0 Å². The highest BCUT2D eigenvalue weighted by atomic mass is 79.9. The number of hydrogen-bond donors (Lipinski definition) is 0. The molecule has 1 aliphatic rings. The van der Waals surface area contributed by atoms with E-state index in [2.05, 4.69) is 193 Å². The number of rotatable bonds is 16. The summed E-state index contributed by atoms with van der Waals surface area (Å²) < 4.78 is 29.3. The fraction of sp³-hybridized carbons (Fsp3) is 0.286. The standard InChI is InChI=1S/C56H58Br2O4/c1-5-27-59-53-43-11-9-12-44(53)36-48-32-42(18-16-40-21-25-52(58)26-22-40)34-50(56(48)62-30-8-4)38-46-14-10-13-45(54(46)60-28-6-2)37-49-33-41(17-15-39-19-23-51(57)24-20-39)31-47(35-43)55(49)61-29-7-3/h9-26,31-34H,5-8,27-30,35-38H2,1-4H3/b17-15+,18-16+.